The van der Waals surface area contributed by atoms with Gasteiger partial charge in [0, 0.05) is 28.9 Å². The summed E-state index contributed by atoms with van der Waals surface area (Å²) in [5.41, 5.74) is 0. The van der Waals surface area contributed by atoms with Gasteiger partial charge < -0.3 is 5.32 Å². The zero-order valence-corrected chi connectivity index (χ0v) is 11.1. The lowest BCUT2D eigenvalue weighted by atomic mass is 9.83. The van der Waals surface area contributed by atoms with Crippen molar-refractivity contribution in [3.63, 3.8) is 0 Å². The summed E-state index contributed by atoms with van der Waals surface area (Å²) in [6, 6.07) is 0. The minimum atomic E-state index is -0.685. The molecular weight excluding hydrogens is 206 g/mol. The molecule has 3 heteroatoms. The third kappa shape index (κ3) is 5.12. The molecule has 0 aliphatic heterocycles. The first-order valence-electron chi connectivity index (χ1n) is 6.12. The van der Waals surface area contributed by atoms with Crippen LogP contribution in [0.5, 0.6) is 0 Å². The molecule has 1 aliphatic carbocycles. The van der Waals surface area contributed by atoms with Crippen LogP contribution in [0.1, 0.15) is 39.5 Å². The molecule has 1 N–H and O–H groups in total. The molecule has 0 aromatic heterocycles. The van der Waals surface area contributed by atoms with Crippen molar-refractivity contribution in [1.29, 1.82) is 0 Å². The summed E-state index contributed by atoms with van der Waals surface area (Å²) in [5, 5.41) is 3.74. The van der Waals surface area contributed by atoms with Crippen molar-refractivity contribution < 1.29 is 4.21 Å². The van der Waals surface area contributed by atoms with E-state index >= 15 is 0 Å². The average molecular weight is 231 g/mol. The van der Waals surface area contributed by atoms with Gasteiger partial charge in [-0.25, -0.2) is 0 Å². The van der Waals surface area contributed by atoms with Crippen molar-refractivity contribution in [3.05, 3.63) is 0 Å². The topological polar surface area (TPSA) is 29.1 Å². The van der Waals surface area contributed by atoms with Crippen LogP contribution in [0, 0.1) is 11.8 Å². The second-order valence-corrected chi connectivity index (χ2v) is 6.90. The van der Waals surface area contributed by atoms with Gasteiger partial charge in [0.05, 0.1) is 0 Å². The van der Waals surface area contributed by atoms with Gasteiger partial charge in [-0.15, -0.1) is 0 Å². The zero-order valence-electron chi connectivity index (χ0n) is 10.3. The highest BCUT2D eigenvalue weighted by atomic mass is 32.2. The van der Waals surface area contributed by atoms with E-state index in [-0.39, 0.29) is 5.25 Å². The molecule has 0 amide bonds. The maximum atomic E-state index is 11.1. The third-order valence-corrected chi connectivity index (χ3v) is 4.87. The molecule has 0 saturated heterocycles. The molecule has 1 fully saturated rings. The summed E-state index contributed by atoms with van der Waals surface area (Å²) in [7, 11) is -0.685. The smallest absolute Gasteiger partial charge is 0.0441 e. The molecule has 2 atom stereocenters. The molecule has 1 rings (SSSR count). The Morgan fingerprint density at radius 3 is 2.47 bits per heavy atom. The monoisotopic (exact) mass is 231 g/mol. The molecule has 0 spiro atoms. The van der Waals surface area contributed by atoms with Crippen LogP contribution < -0.4 is 5.32 Å². The second kappa shape index (κ2) is 6.64. The van der Waals surface area contributed by atoms with Crippen molar-refractivity contribution in [2.75, 3.05) is 19.3 Å². The van der Waals surface area contributed by atoms with E-state index in [1.54, 1.807) is 6.26 Å². The summed E-state index contributed by atoms with van der Waals surface area (Å²) in [6.07, 6.45) is 7.31. The van der Waals surface area contributed by atoms with E-state index in [2.05, 4.69) is 12.2 Å². The molecule has 0 bridgehead atoms. The van der Waals surface area contributed by atoms with Crippen molar-refractivity contribution in [3.8, 4) is 0 Å². The Labute approximate surface area is 96.7 Å². The lowest BCUT2D eigenvalue weighted by Gasteiger charge is -2.26. The molecule has 0 aromatic carbocycles. The predicted molar refractivity (Wildman–Crippen MR) is 67.5 cm³/mol. The quantitative estimate of drug-likeness (QED) is 0.785. The Morgan fingerprint density at radius 2 is 1.93 bits per heavy atom. The van der Waals surface area contributed by atoms with Crippen molar-refractivity contribution in [2.45, 2.75) is 44.8 Å². The number of hydrogen-bond acceptors (Lipinski definition) is 2. The number of nitrogens with one attached hydrogen (secondary N) is 1. The van der Waals surface area contributed by atoms with Crippen LogP contribution >= 0.6 is 0 Å². The SMILES string of the molecule is CC1CCC(CNC[C@@H](C)[S@](C)=O)CC1. The first kappa shape index (κ1) is 13.2. The van der Waals surface area contributed by atoms with Crippen molar-refractivity contribution >= 4 is 10.8 Å². The minimum Gasteiger partial charge on any atom is -0.315 e. The van der Waals surface area contributed by atoms with Gasteiger partial charge in [0.15, 0.2) is 0 Å². The zero-order chi connectivity index (χ0) is 11.3. The van der Waals surface area contributed by atoms with E-state index in [1.165, 1.54) is 25.7 Å². The van der Waals surface area contributed by atoms with Crippen LogP contribution in [0.15, 0.2) is 0 Å². The van der Waals surface area contributed by atoms with Crippen LogP contribution in [0.4, 0.5) is 0 Å². The largest absolute Gasteiger partial charge is 0.315 e. The lowest BCUT2D eigenvalue weighted by Crippen LogP contribution is -2.32. The molecule has 0 unspecified atom stereocenters. The van der Waals surface area contributed by atoms with E-state index in [9.17, 15) is 4.21 Å². The van der Waals surface area contributed by atoms with E-state index < -0.39 is 10.8 Å². The van der Waals surface area contributed by atoms with Gasteiger partial charge in [0.1, 0.15) is 0 Å². The standard InChI is InChI=1S/C12H25NOS/c1-10-4-6-12(7-5-10)9-13-8-11(2)15(3)14/h10-13H,4-9H2,1-3H3/t10?,11-,12?,15+/m1/s1. The van der Waals surface area contributed by atoms with Gasteiger partial charge in [0.25, 0.3) is 0 Å². The molecule has 15 heavy (non-hydrogen) atoms. The number of hydrogen-bond donors (Lipinski definition) is 1. The molecule has 1 aliphatic rings. The highest BCUT2D eigenvalue weighted by Gasteiger charge is 2.17. The van der Waals surface area contributed by atoms with Crippen LogP contribution in [0.25, 0.3) is 0 Å². The number of rotatable bonds is 5. The molecule has 0 heterocycles. The van der Waals surface area contributed by atoms with Gasteiger partial charge in [-0.3, -0.25) is 4.21 Å². The maximum absolute atomic E-state index is 11.1. The molecule has 90 valence electrons. The fourth-order valence-electron chi connectivity index (χ4n) is 2.14. The van der Waals surface area contributed by atoms with Crippen LogP contribution in [0.2, 0.25) is 0 Å². The van der Waals surface area contributed by atoms with Gasteiger partial charge in [0.2, 0.25) is 0 Å². The molecular formula is C12H25NOS. The maximum Gasteiger partial charge on any atom is 0.0441 e. The van der Waals surface area contributed by atoms with E-state index in [0.29, 0.717) is 0 Å². The summed E-state index contributed by atoms with van der Waals surface area (Å²) in [6.45, 7) is 6.42. The van der Waals surface area contributed by atoms with E-state index in [1.807, 2.05) is 6.92 Å². The Hall–Kier alpha value is 0.110. The molecule has 0 aromatic rings. The van der Waals surface area contributed by atoms with Gasteiger partial charge >= 0.3 is 0 Å². The fraction of sp³-hybridized carbons (Fsp3) is 1.00. The Bertz CT molecular complexity index is 200. The van der Waals surface area contributed by atoms with E-state index in [4.69, 9.17) is 0 Å². The molecule has 0 radical (unpaired) electrons. The first-order valence-corrected chi connectivity index (χ1v) is 7.74. The summed E-state index contributed by atoms with van der Waals surface area (Å²) in [5.74, 6) is 1.79. The van der Waals surface area contributed by atoms with Gasteiger partial charge in [-0.05, 0) is 38.1 Å². The lowest BCUT2D eigenvalue weighted by molar-refractivity contribution is 0.282. The summed E-state index contributed by atoms with van der Waals surface area (Å²) >= 11 is 0. The summed E-state index contributed by atoms with van der Waals surface area (Å²) in [4.78, 5) is 0. The minimum absolute atomic E-state index is 0.285. The van der Waals surface area contributed by atoms with Crippen LogP contribution in [-0.2, 0) is 10.8 Å². The van der Waals surface area contributed by atoms with Gasteiger partial charge in [-0.2, -0.15) is 0 Å². The molecule has 2 nitrogen and oxygen atoms in total. The average Bonchev–Trinajstić information content (AvgIpc) is 2.20. The predicted octanol–water partition coefficient (Wildman–Crippen LogP) is 2.17. The molecule has 1 saturated carbocycles. The normalized spacial score (nSPS) is 31.1. The first-order chi connectivity index (χ1) is 7.09. The second-order valence-electron chi connectivity index (χ2n) is 5.09. The Balaban J connectivity index is 2.07. The Kier molecular flexibility index (Phi) is 5.83. The summed E-state index contributed by atoms with van der Waals surface area (Å²) < 4.78 is 11.1. The van der Waals surface area contributed by atoms with Crippen LogP contribution in [-0.4, -0.2) is 28.8 Å². The third-order valence-electron chi connectivity index (χ3n) is 3.57. The van der Waals surface area contributed by atoms with Crippen molar-refractivity contribution in [1.82, 2.24) is 5.32 Å². The van der Waals surface area contributed by atoms with Crippen LogP contribution in [0.3, 0.4) is 0 Å². The highest BCUT2D eigenvalue weighted by molar-refractivity contribution is 7.84. The fourth-order valence-corrected chi connectivity index (χ4v) is 2.49. The Morgan fingerprint density at radius 1 is 1.33 bits per heavy atom. The van der Waals surface area contributed by atoms with Crippen molar-refractivity contribution in [2.24, 2.45) is 11.8 Å². The van der Waals surface area contributed by atoms with E-state index in [0.717, 1.165) is 24.9 Å². The van der Waals surface area contributed by atoms with Gasteiger partial charge in [-0.1, -0.05) is 19.8 Å². The highest BCUT2D eigenvalue weighted by Crippen LogP contribution is 2.27.